The summed E-state index contributed by atoms with van der Waals surface area (Å²) in [6, 6.07) is 50.6. The molecule has 0 fully saturated rings. The molecule has 0 bridgehead atoms. The molecule has 0 amide bonds. The lowest BCUT2D eigenvalue weighted by molar-refractivity contribution is 0.968. The number of aliphatic imine (C=N–C) groups is 2. The molecule has 2 aliphatic rings. The third-order valence-electron chi connectivity index (χ3n) is 11.1. The van der Waals surface area contributed by atoms with Crippen LogP contribution in [0.5, 0.6) is 0 Å². The Morgan fingerprint density at radius 2 is 1.33 bits per heavy atom. The molecule has 310 valence electrons. The number of rotatable bonds is 15. The molecule has 0 aliphatic heterocycles. The molecule has 0 atom stereocenters. The van der Waals surface area contributed by atoms with Crippen LogP contribution in [-0.4, -0.2) is 12.4 Å². The van der Waals surface area contributed by atoms with Crippen LogP contribution < -0.4 is 4.90 Å². The van der Waals surface area contributed by atoms with E-state index in [0.717, 1.165) is 97.9 Å². The van der Waals surface area contributed by atoms with Crippen molar-refractivity contribution in [3.05, 3.63) is 287 Å². The predicted molar refractivity (Wildman–Crippen MR) is 273 cm³/mol. The van der Waals surface area contributed by atoms with Crippen molar-refractivity contribution in [2.75, 3.05) is 4.90 Å². The summed E-state index contributed by atoms with van der Waals surface area (Å²) in [5, 5.41) is 0. The summed E-state index contributed by atoms with van der Waals surface area (Å²) in [6.07, 6.45) is 26.4. The van der Waals surface area contributed by atoms with Crippen molar-refractivity contribution in [2.24, 2.45) is 9.98 Å². The van der Waals surface area contributed by atoms with Crippen molar-refractivity contribution in [3.63, 3.8) is 0 Å². The molecule has 2 aliphatic carbocycles. The van der Waals surface area contributed by atoms with E-state index >= 15 is 0 Å². The van der Waals surface area contributed by atoms with E-state index in [0.29, 0.717) is 6.54 Å². The second-order valence-electron chi connectivity index (χ2n) is 15.5. The van der Waals surface area contributed by atoms with Gasteiger partial charge in [-0.05, 0) is 91.0 Å². The molecule has 0 radical (unpaired) electrons. The standard InChI is InChI=1S/C60H55N3/c1-6-26-56-45(2)27-13-7-18-32-50(56)42-41-46(3)57(62-58(51-33-19-10-20-34-51)47(4)49-30-16-9-17-31-49)54-39-25-40-55(43-54)63(44-48-28-14-8-15-29-48)60(53-37-23-12-24-38-53)59(61-5)52-35-21-11-22-36-52/h6-10,12-21,23-31,33-43H,2,4-5,11,22,32,44H2,1,3H3/b18-7-,26-6-,27-13-,42-41+,56-50+,57-46+,60-59-,62-58?. The summed E-state index contributed by atoms with van der Waals surface area (Å²) in [5.41, 5.74) is 15.8. The van der Waals surface area contributed by atoms with E-state index in [2.05, 4.69) is 220 Å². The summed E-state index contributed by atoms with van der Waals surface area (Å²) >= 11 is 0. The molecule has 0 heterocycles. The predicted octanol–water partition coefficient (Wildman–Crippen LogP) is 15.5. The van der Waals surface area contributed by atoms with Crippen LogP contribution in [0, 0.1) is 0 Å². The summed E-state index contributed by atoms with van der Waals surface area (Å²) in [7, 11) is 0. The van der Waals surface area contributed by atoms with Crippen LogP contribution in [0.2, 0.25) is 0 Å². The minimum Gasteiger partial charge on any atom is -0.335 e. The summed E-state index contributed by atoms with van der Waals surface area (Å²) in [4.78, 5) is 12.8. The molecule has 3 heteroatoms. The average Bonchev–Trinajstić information content (AvgIpc) is 3.33. The van der Waals surface area contributed by atoms with E-state index in [-0.39, 0.29) is 0 Å². The Morgan fingerprint density at radius 3 is 1.98 bits per heavy atom. The minimum atomic E-state index is 0.597. The first kappa shape index (κ1) is 43.5. The number of allylic oxidation sites excluding steroid dienone is 16. The third kappa shape index (κ3) is 11.0. The van der Waals surface area contributed by atoms with Crippen LogP contribution in [0.15, 0.2) is 269 Å². The molecule has 0 unspecified atom stereocenters. The Kier molecular flexibility index (Phi) is 15.0. The van der Waals surface area contributed by atoms with E-state index in [4.69, 9.17) is 9.98 Å². The van der Waals surface area contributed by atoms with Crippen LogP contribution in [0.25, 0.3) is 17.0 Å². The van der Waals surface area contributed by atoms with Gasteiger partial charge in [0.05, 0.1) is 22.8 Å². The Morgan fingerprint density at radius 1 is 0.683 bits per heavy atom. The van der Waals surface area contributed by atoms with Crippen molar-refractivity contribution in [1.29, 1.82) is 0 Å². The number of hydrogen-bond donors (Lipinski definition) is 0. The Bertz CT molecular complexity index is 2750. The molecule has 5 aromatic rings. The van der Waals surface area contributed by atoms with Crippen LogP contribution in [0.3, 0.4) is 0 Å². The number of anilines is 1. The fourth-order valence-electron chi connectivity index (χ4n) is 7.86. The van der Waals surface area contributed by atoms with Crippen LogP contribution in [0.4, 0.5) is 5.69 Å². The molecule has 7 rings (SSSR count). The van der Waals surface area contributed by atoms with Crippen LogP contribution in [-0.2, 0) is 6.54 Å². The lowest BCUT2D eigenvalue weighted by Crippen LogP contribution is -2.23. The van der Waals surface area contributed by atoms with E-state index in [1.165, 1.54) is 11.1 Å². The number of benzene rings is 5. The van der Waals surface area contributed by atoms with Gasteiger partial charge in [-0.15, -0.1) is 0 Å². The van der Waals surface area contributed by atoms with Gasteiger partial charge in [0.1, 0.15) is 0 Å². The third-order valence-corrected chi connectivity index (χ3v) is 11.1. The molecule has 5 aromatic carbocycles. The first-order chi connectivity index (χ1) is 30.9. The molecular weight excluding hydrogens is 763 g/mol. The highest BCUT2D eigenvalue weighted by Crippen LogP contribution is 2.37. The van der Waals surface area contributed by atoms with Gasteiger partial charge in [-0.3, -0.25) is 4.99 Å². The van der Waals surface area contributed by atoms with Crippen molar-refractivity contribution < 1.29 is 0 Å². The first-order valence-corrected chi connectivity index (χ1v) is 21.7. The zero-order valence-corrected chi connectivity index (χ0v) is 36.5. The SMILES string of the molecule is C=N/C(C1=CCCC=C1)=C(/c1ccccc1)N(Cc1ccccc1)c1cccc(\C(N=C(C(=C)c2ccccc2)c2ccccc2)=C(C)/C=C/C2=C(\C=C/C)C(=C)/C=C\C=C/C2)c1. The van der Waals surface area contributed by atoms with Crippen LogP contribution in [0.1, 0.15) is 60.9 Å². The Balaban J connectivity index is 1.49. The average molecular weight is 818 g/mol. The zero-order chi connectivity index (χ0) is 43.8. The molecule has 0 aromatic heterocycles. The van der Waals surface area contributed by atoms with Gasteiger partial charge in [0.15, 0.2) is 0 Å². The van der Waals surface area contributed by atoms with E-state index in [1.54, 1.807) is 0 Å². The van der Waals surface area contributed by atoms with Gasteiger partial charge < -0.3 is 4.90 Å². The van der Waals surface area contributed by atoms with Crippen molar-refractivity contribution in [2.45, 2.75) is 39.7 Å². The second-order valence-corrected chi connectivity index (χ2v) is 15.5. The van der Waals surface area contributed by atoms with Gasteiger partial charge in [0.25, 0.3) is 0 Å². The second kappa shape index (κ2) is 21.8. The topological polar surface area (TPSA) is 28.0 Å². The fraction of sp³-hybridized carbons (Fsp3) is 0.100. The highest BCUT2D eigenvalue weighted by molar-refractivity contribution is 6.32. The van der Waals surface area contributed by atoms with Crippen LogP contribution >= 0.6 is 0 Å². The van der Waals surface area contributed by atoms with Gasteiger partial charge in [-0.1, -0.05) is 213 Å². The summed E-state index contributed by atoms with van der Waals surface area (Å²) in [6.45, 7) is 18.0. The zero-order valence-electron chi connectivity index (χ0n) is 36.5. The Labute approximate surface area is 375 Å². The highest BCUT2D eigenvalue weighted by atomic mass is 15.2. The van der Waals surface area contributed by atoms with E-state index < -0.39 is 0 Å². The van der Waals surface area contributed by atoms with Gasteiger partial charge >= 0.3 is 0 Å². The van der Waals surface area contributed by atoms with Gasteiger partial charge in [0.2, 0.25) is 0 Å². The monoisotopic (exact) mass is 817 g/mol. The fourth-order valence-corrected chi connectivity index (χ4v) is 7.86. The maximum atomic E-state index is 5.67. The van der Waals surface area contributed by atoms with E-state index in [9.17, 15) is 0 Å². The van der Waals surface area contributed by atoms with Gasteiger partial charge in [-0.2, -0.15) is 0 Å². The smallest absolute Gasteiger partial charge is 0.0934 e. The lowest BCUT2D eigenvalue weighted by atomic mass is 9.94. The largest absolute Gasteiger partial charge is 0.335 e. The first-order valence-electron chi connectivity index (χ1n) is 21.7. The maximum Gasteiger partial charge on any atom is 0.0934 e. The Hall–Kier alpha value is -7.62. The molecule has 0 spiro atoms. The summed E-state index contributed by atoms with van der Waals surface area (Å²) < 4.78 is 0. The number of nitrogens with zero attached hydrogens (tertiary/aromatic N) is 3. The van der Waals surface area contributed by atoms with Crippen molar-refractivity contribution in [3.8, 4) is 0 Å². The quantitative estimate of drug-likeness (QED) is 0.0764. The molecule has 0 saturated heterocycles. The van der Waals surface area contributed by atoms with Crippen molar-refractivity contribution in [1.82, 2.24) is 0 Å². The molecule has 3 nitrogen and oxygen atoms in total. The highest BCUT2D eigenvalue weighted by Gasteiger charge is 2.23. The van der Waals surface area contributed by atoms with Crippen molar-refractivity contribution >= 4 is 35.1 Å². The maximum absolute atomic E-state index is 5.67. The number of hydrogen-bond acceptors (Lipinski definition) is 3. The lowest BCUT2D eigenvalue weighted by Gasteiger charge is -2.31. The molecule has 63 heavy (non-hydrogen) atoms. The molecule has 0 saturated carbocycles. The normalized spacial score (nSPS) is 17.3. The van der Waals surface area contributed by atoms with Gasteiger partial charge in [0, 0.05) is 34.5 Å². The minimum absolute atomic E-state index is 0.597. The molecular formula is C60H55N3. The van der Waals surface area contributed by atoms with E-state index in [1.807, 2.05) is 31.2 Å². The molecule has 0 N–H and O–H groups in total. The van der Waals surface area contributed by atoms with Gasteiger partial charge in [-0.25, -0.2) is 4.99 Å². The summed E-state index contributed by atoms with van der Waals surface area (Å²) in [5.74, 6) is 0.